The zero-order valence-corrected chi connectivity index (χ0v) is 10.6. The molecule has 0 fully saturated rings. The van der Waals surface area contributed by atoms with E-state index in [9.17, 15) is 0 Å². The summed E-state index contributed by atoms with van der Waals surface area (Å²) in [5.74, 6) is 1.97. The van der Waals surface area contributed by atoms with Crippen molar-refractivity contribution in [2.75, 3.05) is 6.54 Å². The van der Waals surface area contributed by atoms with E-state index >= 15 is 0 Å². The lowest BCUT2D eigenvalue weighted by Crippen LogP contribution is -2.23. The normalized spacial score (nSPS) is 12.9. The molecule has 0 saturated heterocycles. The first kappa shape index (κ1) is 11.9. The first-order valence-electron chi connectivity index (χ1n) is 6.06. The third kappa shape index (κ3) is 2.42. The molecule has 0 aliphatic carbocycles. The van der Waals surface area contributed by atoms with Gasteiger partial charge in [-0.3, -0.25) is 4.68 Å². The van der Waals surface area contributed by atoms with Gasteiger partial charge in [-0.25, -0.2) is 0 Å². The fourth-order valence-electron chi connectivity index (χ4n) is 1.96. The maximum Gasteiger partial charge on any atom is 0.127 e. The molecule has 2 rings (SSSR count). The molecule has 0 aliphatic heterocycles. The number of hydrogen-bond acceptors (Lipinski definition) is 3. The molecular formula is C13H19N3O. The second-order valence-electron chi connectivity index (χ2n) is 4.03. The molecule has 2 aromatic heterocycles. The molecule has 0 aromatic carbocycles. The number of rotatable bonds is 5. The van der Waals surface area contributed by atoms with Crippen LogP contribution in [-0.2, 0) is 13.5 Å². The molecule has 0 bridgehead atoms. The maximum absolute atomic E-state index is 5.82. The number of hydrogen-bond donors (Lipinski definition) is 1. The number of aryl methyl sites for hydroxylation is 2. The van der Waals surface area contributed by atoms with E-state index in [1.807, 2.05) is 36.1 Å². The molecule has 0 spiro atoms. The fraction of sp³-hybridized carbons (Fsp3) is 0.462. The van der Waals surface area contributed by atoms with Gasteiger partial charge in [-0.2, -0.15) is 5.10 Å². The van der Waals surface area contributed by atoms with Gasteiger partial charge in [-0.15, -0.1) is 0 Å². The highest BCUT2D eigenvalue weighted by molar-refractivity contribution is 5.21. The van der Waals surface area contributed by atoms with Crippen LogP contribution < -0.4 is 5.32 Å². The average molecular weight is 233 g/mol. The quantitative estimate of drug-likeness (QED) is 0.861. The highest BCUT2D eigenvalue weighted by atomic mass is 16.3. The predicted molar refractivity (Wildman–Crippen MR) is 66.8 cm³/mol. The van der Waals surface area contributed by atoms with Crippen molar-refractivity contribution in [3.8, 4) is 0 Å². The van der Waals surface area contributed by atoms with Crippen LogP contribution in [0, 0.1) is 0 Å². The topological polar surface area (TPSA) is 43.0 Å². The van der Waals surface area contributed by atoms with Crippen molar-refractivity contribution in [2.24, 2.45) is 7.05 Å². The summed E-state index contributed by atoms with van der Waals surface area (Å²) in [5, 5.41) is 7.63. The van der Waals surface area contributed by atoms with Crippen molar-refractivity contribution in [3.63, 3.8) is 0 Å². The molecule has 0 saturated carbocycles. The number of aromatic nitrogens is 2. The molecule has 1 N–H and O–H groups in total. The first-order chi connectivity index (χ1) is 8.26. The second-order valence-corrected chi connectivity index (χ2v) is 4.03. The molecular weight excluding hydrogens is 214 g/mol. The number of furan rings is 1. The zero-order valence-electron chi connectivity index (χ0n) is 10.6. The molecule has 0 aliphatic rings. The lowest BCUT2D eigenvalue weighted by Gasteiger charge is -2.15. The van der Waals surface area contributed by atoms with Gasteiger partial charge in [0.15, 0.2) is 0 Å². The largest absolute Gasteiger partial charge is 0.464 e. The minimum Gasteiger partial charge on any atom is -0.464 e. The van der Waals surface area contributed by atoms with Crippen LogP contribution in [0.15, 0.2) is 28.8 Å². The van der Waals surface area contributed by atoms with Crippen LogP contribution in [0.5, 0.6) is 0 Å². The Morgan fingerprint density at radius 3 is 2.71 bits per heavy atom. The Kier molecular flexibility index (Phi) is 3.64. The van der Waals surface area contributed by atoms with E-state index in [0.29, 0.717) is 0 Å². The Labute approximate surface area is 102 Å². The lowest BCUT2D eigenvalue weighted by atomic mass is 10.1. The monoisotopic (exact) mass is 233 g/mol. The summed E-state index contributed by atoms with van der Waals surface area (Å²) < 4.78 is 7.70. The fourth-order valence-corrected chi connectivity index (χ4v) is 1.96. The van der Waals surface area contributed by atoms with E-state index < -0.39 is 0 Å². The Morgan fingerprint density at radius 1 is 1.35 bits per heavy atom. The Bertz CT molecular complexity index is 472. The molecule has 4 heteroatoms. The van der Waals surface area contributed by atoms with E-state index in [0.717, 1.165) is 30.2 Å². The molecule has 0 amide bonds. The minimum absolute atomic E-state index is 0.0767. The van der Waals surface area contributed by atoms with Gasteiger partial charge in [-0.1, -0.05) is 13.8 Å². The van der Waals surface area contributed by atoms with E-state index in [4.69, 9.17) is 4.42 Å². The van der Waals surface area contributed by atoms with Crippen molar-refractivity contribution in [1.82, 2.24) is 15.1 Å². The molecule has 17 heavy (non-hydrogen) atoms. The van der Waals surface area contributed by atoms with Crippen LogP contribution in [0.3, 0.4) is 0 Å². The summed E-state index contributed by atoms with van der Waals surface area (Å²) in [6.07, 6.45) is 2.73. The van der Waals surface area contributed by atoms with Crippen LogP contribution in [-0.4, -0.2) is 16.3 Å². The maximum atomic E-state index is 5.82. The van der Waals surface area contributed by atoms with Gasteiger partial charge in [0.25, 0.3) is 0 Å². The summed E-state index contributed by atoms with van der Waals surface area (Å²) in [4.78, 5) is 0. The predicted octanol–water partition coefficient (Wildman–Crippen LogP) is 2.27. The van der Waals surface area contributed by atoms with E-state index in [2.05, 4.69) is 24.3 Å². The van der Waals surface area contributed by atoms with Crippen molar-refractivity contribution >= 4 is 0 Å². The van der Waals surface area contributed by atoms with Crippen LogP contribution >= 0.6 is 0 Å². The van der Waals surface area contributed by atoms with E-state index in [1.54, 1.807) is 0 Å². The van der Waals surface area contributed by atoms with Gasteiger partial charge in [0.05, 0.1) is 5.69 Å². The van der Waals surface area contributed by atoms with Crippen LogP contribution in [0.2, 0.25) is 0 Å². The van der Waals surface area contributed by atoms with E-state index in [1.165, 1.54) is 0 Å². The highest BCUT2D eigenvalue weighted by Gasteiger charge is 2.19. The van der Waals surface area contributed by atoms with E-state index in [-0.39, 0.29) is 6.04 Å². The number of nitrogens with one attached hydrogen (secondary N) is 1. The summed E-state index contributed by atoms with van der Waals surface area (Å²) in [5.41, 5.74) is 1.11. The van der Waals surface area contributed by atoms with Gasteiger partial charge in [0, 0.05) is 19.7 Å². The van der Waals surface area contributed by atoms with Crippen LogP contribution in [0.1, 0.15) is 37.1 Å². The van der Waals surface area contributed by atoms with Gasteiger partial charge in [0.2, 0.25) is 0 Å². The molecule has 1 atom stereocenters. The lowest BCUT2D eigenvalue weighted by molar-refractivity contribution is 0.415. The van der Waals surface area contributed by atoms with Crippen molar-refractivity contribution in [3.05, 3.63) is 41.6 Å². The highest BCUT2D eigenvalue weighted by Crippen LogP contribution is 2.23. The molecule has 2 aromatic rings. The first-order valence-corrected chi connectivity index (χ1v) is 6.06. The van der Waals surface area contributed by atoms with Crippen molar-refractivity contribution in [1.29, 1.82) is 0 Å². The van der Waals surface area contributed by atoms with Gasteiger partial charge < -0.3 is 9.73 Å². The third-order valence-corrected chi connectivity index (χ3v) is 2.88. The minimum atomic E-state index is 0.0767. The molecule has 1 unspecified atom stereocenters. The van der Waals surface area contributed by atoms with Crippen LogP contribution in [0.4, 0.5) is 0 Å². The SMILES string of the molecule is CCNC(c1ccc(CC)o1)c1ccnn1C. The van der Waals surface area contributed by atoms with Crippen molar-refractivity contribution < 1.29 is 4.42 Å². The second kappa shape index (κ2) is 5.19. The Balaban J connectivity index is 2.32. The summed E-state index contributed by atoms with van der Waals surface area (Å²) in [6.45, 7) is 5.07. The molecule has 92 valence electrons. The van der Waals surface area contributed by atoms with Gasteiger partial charge in [-0.05, 0) is 24.7 Å². The third-order valence-electron chi connectivity index (χ3n) is 2.88. The Hall–Kier alpha value is -1.55. The zero-order chi connectivity index (χ0) is 12.3. The summed E-state index contributed by atoms with van der Waals surface area (Å²) in [7, 11) is 1.95. The molecule has 2 heterocycles. The van der Waals surface area contributed by atoms with Crippen LogP contribution in [0.25, 0.3) is 0 Å². The summed E-state index contributed by atoms with van der Waals surface area (Å²) in [6, 6.07) is 6.17. The average Bonchev–Trinajstić information content (AvgIpc) is 2.95. The van der Waals surface area contributed by atoms with Gasteiger partial charge in [0.1, 0.15) is 17.6 Å². The number of nitrogens with zero attached hydrogens (tertiary/aromatic N) is 2. The summed E-state index contributed by atoms with van der Waals surface area (Å²) >= 11 is 0. The molecule has 4 nitrogen and oxygen atoms in total. The molecule has 0 radical (unpaired) electrons. The standard InChI is InChI=1S/C13H19N3O/c1-4-10-6-7-12(17-10)13(14-5-2)11-8-9-15-16(11)3/h6-9,13-14H,4-5H2,1-3H3. The smallest absolute Gasteiger partial charge is 0.127 e. The van der Waals surface area contributed by atoms with Gasteiger partial charge >= 0.3 is 0 Å². The Morgan fingerprint density at radius 2 is 2.18 bits per heavy atom. The van der Waals surface area contributed by atoms with Crippen molar-refractivity contribution in [2.45, 2.75) is 26.3 Å².